The van der Waals surface area contributed by atoms with Gasteiger partial charge in [-0.25, -0.2) is 0 Å². The molecule has 6 heteroatoms. The van der Waals surface area contributed by atoms with Crippen LogP contribution in [0, 0.1) is 13.8 Å². The summed E-state index contributed by atoms with van der Waals surface area (Å²) in [4.78, 5) is 35.9. The van der Waals surface area contributed by atoms with Gasteiger partial charge in [0.2, 0.25) is 0 Å². The van der Waals surface area contributed by atoms with Gasteiger partial charge in [-0.2, -0.15) is 0 Å². The average Bonchev–Trinajstić information content (AvgIpc) is 2.62. The molecule has 0 saturated heterocycles. The maximum absolute atomic E-state index is 12.1. The van der Waals surface area contributed by atoms with E-state index < -0.39 is 18.0 Å². The van der Waals surface area contributed by atoms with E-state index in [1.54, 1.807) is 36.4 Å². The smallest absolute Gasteiger partial charge is 0.326 e. The van der Waals surface area contributed by atoms with Crippen LogP contribution in [0.3, 0.4) is 0 Å². The monoisotopic (exact) mass is 354 g/mol. The standard InChI is InChI=1S/C20H22N2O4/c1-13-9-10-16(11-14(13)2)20(25)21-12-18(23)26-15(3)19(24)22-17-7-5-4-6-8-17/h4-11,15H,12H2,1-3H3,(H,21,25)(H,22,24)/t15-/m0/s1. The summed E-state index contributed by atoms with van der Waals surface area (Å²) >= 11 is 0. The summed E-state index contributed by atoms with van der Waals surface area (Å²) in [6.07, 6.45) is -0.971. The highest BCUT2D eigenvalue weighted by Crippen LogP contribution is 2.10. The Morgan fingerprint density at radius 2 is 1.69 bits per heavy atom. The highest BCUT2D eigenvalue weighted by Gasteiger charge is 2.18. The summed E-state index contributed by atoms with van der Waals surface area (Å²) in [7, 11) is 0. The van der Waals surface area contributed by atoms with Gasteiger partial charge in [0.1, 0.15) is 6.54 Å². The van der Waals surface area contributed by atoms with Crippen molar-refractivity contribution in [2.75, 3.05) is 11.9 Å². The molecular weight excluding hydrogens is 332 g/mol. The number of ether oxygens (including phenoxy) is 1. The zero-order valence-corrected chi connectivity index (χ0v) is 15.0. The molecule has 0 spiro atoms. The van der Waals surface area contributed by atoms with E-state index in [0.29, 0.717) is 11.3 Å². The van der Waals surface area contributed by atoms with E-state index in [4.69, 9.17) is 4.74 Å². The lowest BCUT2D eigenvalue weighted by Gasteiger charge is -2.14. The number of hydrogen-bond acceptors (Lipinski definition) is 4. The van der Waals surface area contributed by atoms with Gasteiger partial charge in [-0.3, -0.25) is 14.4 Å². The lowest BCUT2D eigenvalue weighted by Crippen LogP contribution is -2.35. The van der Waals surface area contributed by atoms with Crippen LogP contribution in [-0.4, -0.2) is 30.4 Å². The molecule has 26 heavy (non-hydrogen) atoms. The minimum atomic E-state index is -0.971. The third kappa shape index (κ3) is 5.44. The van der Waals surface area contributed by atoms with Crippen molar-refractivity contribution in [1.82, 2.24) is 5.32 Å². The Morgan fingerprint density at radius 3 is 2.35 bits per heavy atom. The van der Waals surface area contributed by atoms with Gasteiger partial charge in [-0.05, 0) is 56.2 Å². The molecule has 0 aliphatic rings. The van der Waals surface area contributed by atoms with Crippen LogP contribution in [0.25, 0.3) is 0 Å². The Bertz CT molecular complexity index is 803. The molecule has 0 fully saturated rings. The minimum absolute atomic E-state index is 0.311. The number of aryl methyl sites for hydroxylation is 2. The molecule has 2 aromatic rings. The SMILES string of the molecule is Cc1ccc(C(=O)NCC(=O)O[C@@H](C)C(=O)Nc2ccccc2)cc1C. The number of nitrogens with one attached hydrogen (secondary N) is 2. The number of rotatable bonds is 6. The first-order valence-corrected chi connectivity index (χ1v) is 8.27. The van der Waals surface area contributed by atoms with Crippen LogP contribution in [0.4, 0.5) is 5.69 Å². The van der Waals surface area contributed by atoms with Crippen LogP contribution in [0.5, 0.6) is 0 Å². The number of anilines is 1. The average molecular weight is 354 g/mol. The normalized spacial score (nSPS) is 11.3. The van der Waals surface area contributed by atoms with Crippen molar-refractivity contribution < 1.29 is 19.1 Å². The fourth-order valence-electron chi connectivity index (χ4n) is 2.19. The second kappa shape index (κ2) is 8.80. The summed E-state index contributed by atoms with van der Waals surface area (Å²) < 4.78 is 5.05. The maximum atomic E-state index is 12.1. The molecule has 0 saturated carbocycles. The quantitative estimate of drug-likeness (QED) is 0.781. The van der Waals surface area contributed by atoms with Gasteiger partial charge in [0, 0.05) is 11.3 Å². The third-order valence-corrected chi connectivity index (χ3v) is 3.88. The lowest BCUT2D eigenvalue weighted by molar-refractivity contribution is -0.152. The molecule has 0 aromatic heterocycles. The largest absolute Gasteiger partial charge is 0.451 e. The first-order chi connectivity index (χ1) is 12.4. The Kier molecular flexibility index (Phi) is 6.49. The molecule has 0 unspecified atom stereocenters. The molecule has 1 atom stereocenters. The van der Waals surface area contributed by atoms with Gasteiger partial charge in [0.25, 0.3) is 11.8 Å². The van der Waals surface area contributed by atoms with Crippen LogP contribution in [0.15, 0.2) is 48.5 Å². The van der Waals surface area contributed by atoms with Crippen LogP contribution >= 0.6 is 0 Å². The number of esters is 1. The molecule has 2 amide bonds. The van der Waals surface area contributed by atoms with Crippen molar-refractivity contribution in [3.63, 3.8) is 0 Å². The number of benzene rings is 2. The van der Waals surface area contributed by atoms with E-state index in [1.807, 2.05) is 26.0 Å². The van der Waals surface area contributed by atoms with Crippen molar-refractivity contribution >= 4 is 23.5 Å². The summed E-state index contributed by atoms with van der Waals surface area (Å²) in [5.41, 5.74) is 3.16. The van der Waals surface area contributed by atoms with E-state index in [9.17, 15) is 14.4 Å². The third-order valence-electron chi connectivity index (χ3n) is 3.88. The zero-order valence-electron chi connectivity index (χ0n) is 15.0. The van der Waals surface area contributed by atoms with Crippen LogP contribution in [0.2, 0.25) is 0 Å². The first kappa shape index (κ1) is 19.2. The predicted molar refractivity (Wildman–Crippen MR) is 98.9 cm³/mol. The number of carbonyl (C=O) groups excluding carboxylic acids is 3. The minimum Gasteiger partial charge on any atom is -0.451 e. The molecule has 0 heterocycles. The van der Waals surface area contributed by atoms with Crippen LogP contribution in [-0.2, 0) is 14.3 Å². The van der Waals surface area contributed by atoms with E-state index in [0.717, 1.165) is 11.1 Å². The van der Waals surface area contributed by atoms with Gasteiger partial charge in [-0.15, -0.1) is 0 Å². The molecule has 0 aliphatic carbocycles. The topological polar surface area (TPSA) is 84.5 Å². The maximum Gasteiger partial charge on any atom is 0.326 e. The van der Waals surface area contributed by atoms with Gasteiger partial charge in [0.15, 0.2) is 6.10 Å². The predicted octanol–water partition coefficient (Wildman–Crippen LogP) is 2.60. The van der Waals surface area contributed by atoms with Crippen molar-refractivity contribution in [2.45, 2.75) is 26.9 Å². The fourth-order valence-corrected chi connectivity index (χ4v) is 2.19. The van der Waals surface area contributed by atoms with Gasteiger partial charge >= 0.3 is 5.97 Å². The highest BCUT2D eigenvalue weighted by atomic mass is 16.5. The van der Waals surface area contributed by atoms with Gasteiger partial charge < -0.3 is 15.4 Å². The lowest BCUT2D eigenvalue weighted by atomic mass is 10.1. The number of para-hydroxylation sites is 1. The Balaban J connectivity index is 1.81. The van der Waals surface area contributed by atoms with E-state index in [1.165, 1.54) is 6.92 Å². The van der Waals surface area contributed by atoms with E-state index in [-0.39, 0.29) is 12.5 Å². The summed E-state index contributed by atoms with van der Waals surface area (Å²) in [6, 6.07) is 14.2. The first-order valence-electron chi connectivity index (χ1n) is 8.27. The van der Waals surface area contributed by atoms with E-state index in [2.05, 4.69) is 10.6 Å². The molecule has 2 aromatic carbocycles. The zero-order chi connectivity index (χ0) is 19.1. The van der Waals surface area contributed by atoms with Crippen LogP contribution in [0.1, 0.15) is 28.4 Å². The van der Waals surface area contributed by atoms with Crippen molar-refractivity contribution in [1.29, 1.82) is 0 Å². The molecule has 2 N–H and O–H groups in total. The van der Waals surface area contributed by atoms with Crippen LogP contribution < -0.4 is 10.6 Å². The molecule has 0 aliphatic heterocycles. The van der Waals surface area contributed by atoms with Gasteiger partial charge in [-0.1, -0.05) is 24.3 Å². The molecule has 6 nitrogen and oxygen atoms in total. The molecule has 0 radical (unpaired) electrons. The Labute approximate surface area is 152 Å². The van der Waals surface area contributed by atoms with Crippen molar-refractivity contribution in [3.05, 3.63) is 65.2 Å². The van der Waals surface area contributed by atoms with Crippen molar-refractivity contribution in [2.24, 2.45) is 0 Å². The summed E-state index contributed by atoms with van der Waals surface area (Å²) in [5, 5.41) is 5.14. The molecule has 136 valence electrons. The van der Waals surface area contributed by atoms with Gasteiger partial charge in [0.05, 0.1) is 0 Å². The second-order valence-electron chi connectivity index (χ2n) is 5.97. The Hall–Kier alpha value is -3.15. The molecule has 0 bridgehead atoms. The number of amides is 2. The summed E-state index contributed by atoms with van der Waals surface area (Å²) in [6.45, 7) is 5.03. The highest BCUT2D eigenvalue weighted by molar-refractivity contribution is 5.97. The van der Waals surface area contributed by atoms with E-state index >= 15 is 0 Å². The Morgan fingerprint density at radius 1 is 1.00 bits per heavy atom. The van der Waals surface area contributed by atoms with Crippen molar-refractivity contribution in [3.8, 4) is 0 Å². The molecule has 2 rings (SSSR count). The summed E-state index contributed by atoms with van der Waals surface area (Å²) in [5.74, 6) is -1.49. The molecular formula is C20H22N2O4. The second-order valence-corrected chi connectivity index (χ2v) is 5.97. The number of carbonyl (C=O) groups is 3. The number of hydrogen-bond donors (Lipinski definition) is 2. The fraction of sp³-hybridized carbons (Fsp3) is 0.250.